The molecule has 0 spiro atoms. The van der Waals surface area contributed by atoms with Gasteiger partial charge in [-0.15, -0.1) is 0 Å². The van der Waals surface area contributed by atoms with Crippen LogP contribution >= 0.6 is 0 Å². The first kappa shape index (κ1) is 19.1. The van der Waals surface area contributed by atoms with Crippen LogP contribution in [-0.4, -0.2) is 22.3 Å². The van der Waals surface area contributed by atoms with E-state index < -0.39 is 0 Å². The van der Waals surface area contributed by atoms with E-state index in [4.69, 9.17) is 4.74 Å². The molecule has 4 aromatic rings. The summed E-state index contributed by atoms with van der Waals surface area (Å²) in [7, 11) is 0. The van der Waals surface area contributed by atoms with Crippen LogP contribution in [0.4, 0.5) is 0 Å². The Bertz CT molecular complexity index is 1200. The molecule has 154 valence electrons. The van der Waals surface area contributed by atoms with Gasteiger partial charge in [-0.25, -0.2) is 0 Å². The number of ether oxygens (including phenoxy) is 1. The molecule has 2 heterocycles. The van der Waals surface area contributed by atoms with Gasteiger partial charge in [-0.3, -0.25) is 9.48 Å². The Hall–Kier alpha value is -3.86. The van der Waals surface area contributed by atoms with Crippen molar-refractivity contribution in [1.82, 2.24) is 15.1 Å². The molecule has 0 bridgehead atoms. The predicted molar refractivity (Wildman–Crippen MR) is 120 cm³/mol. The van der Waals surface area contributed by atoms with E-state index in [-0.39, 0.29) is 5.91 Å². The number of nitrogens with zero attached hydrogens (tertiary/aromatic N) is 2. The molecule has 0 fully saturated rings. The molecule has 31 heavy (non-hydrogen) atoms. The molecular formula is C26H23N3O2. The number of amides is 1. The van der Waals surface area contributed by atoms with Crippen molar-refractivity contribution < 1.29 is 9.53 Å². The maximum absolute atomic E-state index is 12.7. The van der Waals surface area contributed by atoms with Crippen LogP contribution in [-0.2, 0) is 19.5 Å². The molecule has 1 aliphatic rings. The Morgan fingerprint density at radius 2 is 1.90 bits per heavy atom. The summed E-state index contributed by atoms with van der Waals surface area (Å²) in [6, 6.07) is 24.2. The Morgan fingerprint density at radius 1 is 1.03 bits per heavy atom. The molecule has 1 amide bonds. The maximum atomic E-state index is 12.7. The smallest absolute Gasteiger partial charge is 0.251 e. The number of hydrogen-bond donors (Lipinski definition) is 1. The Balaban J connectivity index is 1.29. The van der Waals surface area contributed by atoms with Crippen LogP contribution in [0.5, 0.6) is 5.75 Å². The summed E-state index contributed by atoms with van der Waals surface area (Å²) in [5.41, 5.74) is 6.30. The van der Waals surface area contributed by atoms with Crippen molar-refractivity contribution >= 4 is 5.91 Å². The molecule has 0 aliphatic carbocycles. The third kappa shape index (κ3) is 4.21. The van der Waals surface area contributed by atoms with E-state index in [1.807, 2.05) is 47.3 Å². The van der Waals surface area contributed by atoms with Gasteiger partial charge in [-0.2, -0.15) is 5.10 Å². The number of benzene rings is 3. The van der Waals surface area contributed by atoms with E-state index in [0.29, 0.717) is 18.7 Å². The molecule has 1 aliphatic heterocycles. The highest BCUT2D eigenvalue weighted by Gasteiger charge is 2.15. The third-order valence-corrected chi connectivity index (χ3v) is 5.58. The van der Waals surface area contributed by atoms with E-state index in [2.05, 4.69) is 46.8 Å². The first-order valence-electron chi connectivity index (χ1n) is 10.4. The first-order chi connectivity index (χ1) is 15.3. The SMILES string of the molecule is O=C(NCc1ccccc1-c1ccc(Cn2cccn2)cc1)c1ccc2c(c1)CCO2. The summed E-state index contributed by atoms with van der Waals surface area (Å²) in [4.78, 5) is 12.7. The van der Waals surface area contributed by atoms with Crippen LogP contribution < -0.4 is 10.1 Å². The normalized spacial score (nSPS) is 12.3. The van der Waals surface area contributed by atoms with Gasteiger partial charge in [-0.1, -0.05) is 48.5 Å². The van der Waals surface area contributed by atoms with Crippen molar-refractivity contribution in [3.8, 4) is 16.9 Å². The number of nitrogens with one attached hydrogen (secondary N) is 1. The number of carbonyl (C=O) groups excluding carboxylic acids is 1. The van der Waals surface area contributed by atoms with Crippen LogP contribution in [0.1, 0.15) is 27.0 Å². The van der Waals surface area contributed by atoms with Crippen molar-refractivity contribution in [3.63, 3.8) is 0 Å². The van der Waals surface area contributed by atoms with E-state index in [1.165, 1.54) is 5.56 Å². The Labute approximate surface area is 181 Å². The van der Waals surface area contributed by atoms with Gasteiger partial charge < -0.3 is 10.1 Å². The minimum absolute atomic E-state index is 0.0703. The van der Waals surface area contributed by atoms with Crippen molar-refractivity contribution in [2.45, 2.75) is 19.5 Å². The fourth-order valence-corrected chi connectivity index (χ4v) is 3.93. The molecule has 3 aromatic carbocycles. The summed E-state index contributed by atoms with van der Waals surface area (Å²) < 4.78 is 7.43. The highest BCUT2D eigenvalue weighted by atomic mass is 16.5. The van der Waals surface area contributed by atoms with Crippen LogP contribution in [0.15, 0.2) is 85.2 Å². The Kier molecular flexibility index (Phi) is 5.23. The lowest BCUT2D eigenvalue weighted by molar-refractivity contribution is 0.0951. The number of aromatic nitrogens is 2. The molecule has 5 nitrogen and oxygen atoms in total. The van der Waals surface area contributed by atoms with Gasteiger partial charge in [0, 0.05) is 30.9 Å². The van der Waals surface area contributed by atoms with Gasteiger partial charge in [0.15, 0.2) is 0 Å². The van der Waals surface area contributed by atoms with E-state index in [1.54, 1.807) is 6.20 Å². The topological polar surface area (TPSA) is 56.2 Å². The van der Waals surface area contributed by atoms with Crippen LogP contribution in [0.2, 0.25) is 0 Å². The highest BCUT2D eigenvalue weighted by Crippen LogP contribution is 2.27. The molecule has 0 radical (unpaired) electrons. The molecular weight excluding hydrogens is 386 g/mol. The Morgan fingerprint density at radius 3 is 2.74 bits per heavy atom. The zero-order valence-electron chi connectivity index (χ0n) is 17.1. The summed E-state index contributed by atoms with van der Waals surface area (Å²) >= 11 is 0. The summed E-state index contributed by atoms with van der Waals surface area (Å²) in [6.07, 6.45) is 4.60. The second-order valence-corrected chi connectivity index (χ2v) is 7.66. The molecule has 1 N–H and O–H groups in total. The monoisotopic (exact) mass is 409 g/mol. The van der Waals surface area contributed by atoms with Gasteiger partial charge in [0.25, 0.3) is 5.91 Å². The van der Waals surface area contributed by atoms with Gasteiger partial charge in [0.1, 0.15) is 5.75 Å². The number of hydrogen-bond acceptors (Lipinski definition) is 3. The molecule has 0 saturated carbocycles. The van der Waals surface area contributed by atoms with Gasteiger partial charge in [-0.05, 0) is 52.1 Å². The number of fused-ring (bicyclic) bond motifs is 1. The van der Waals surface area contributed by atoms with E-state index >= 15 is 0 Å². The standard InChI is InChI=1S/C26H23N3O2/c30-26(22-10-11-25-21(16-22)12-15-31-25)27-17-23-4-1-2-5-24(23)20-8-6-19(7-9-20)18-29-14-3-13-28-29/h1-11,13-14,16H,12,15,17-18H2,(H,27,30). The zero-order valence-corrected chi connectivity index (χ0v) is 17.1. The first-order valence-corrected chi connectivity index (χ1v) is 10.4. The summed E-state index contributed by atoms with van der Waals surface area (Å²) in [5.74, 6) is 0.817. The average molecular weight is 409 g/mol. The molecule has 5 rings (SSSR count). The second-order valence-electron chi connectivity index (χ2n) is 7.66. The van der Waals surface area contributed by atoms with E-state index in [0.717, 1.165) is 41.0 Å². The van der Waals surface area contributed by atoms with Gasteiger partial charge in [0.05, 0.1) is 13.2 Å². The van der Waals surface area contributed by atoms with E-state index in [9.17, 15) is 4.79 Å². The van der Waals surface area contributed by atoms with Crippen molar-refractivity contribution in [2.75, 3.05) is 6.61 Å². The summed E-state index contributed by atoms with van der Waals surface area (Å²) in [5, 5.41) is 7.33. The zero-order chi connectivity index (χ0) is 21.0. The molecule has 1 aromatic heterocycles. The average Bonchev–Trinajstić information content (AvgIpc) is 3.49. The van der Waals surface area contributed by atoms with Crippen LogP contribution in [0.25, 0.3) is 11.1 Å². The van der Waals surface area contributed by atoms with Crippen molar-refractivity contribution in [2.24, 2.45) is 0 Å². The second kappa shape index (κ2) is 8.48. The maximum Gasteiger partial charge on any atom is 0.251 e. The summed E-state index contributed by atoms with van der Waals surface area (Å²) in [6.45, 7) is 1.91. The molecule has 0 unspecified atom stereocenters. The largest absolute Gasteiger partial charge is 0.493 e. The molecule has 0 atom stereocenters. The fourth-order valence-electron chi connectivity index (χ4n) is 3.93. The molecule has 5 heteroatoms. The lowest BCUT2D eigenvalue weighted by atomic mass is 9.98. The number of rotatable bonds is 6. The minimum Gasteiger partial charge on any atom is -0.493 e. The van der Waals surface area contributed by atoms with Gasteiger partial charge >= 0.3 is 0 Å². The minimum atomic E-state index is -0.0703. The van der Waals surface area contributed by atoms with Crippen LogP contribution in [0, 0.1) is 0 Å². The fraction of sp³-hybridized carbons (Fsp3) is 0.154. The lowest BCUT2D eigenvalue weighted by Gasteiger charge is -2.12. The third-order valence-electron chi connectivity index (χ3n) is 5.58. The molecule has 0 saturated heterocycles. The predicted octanol–water partition coefficient (Wildman–Crippen LogP) is 4.46. The highest BCUT2D eigenvalue weighted by molar-refractivity contribution is 5.94. The quantitative estimate of drug-likeness (QED) is 0.511. The van der Waals surface area contributed by atoms with Crippen molar-refractivity contribution in [3.05, 3.63) is 107 Å². The van der Waals surface area contributed by atoms with Crippen LogP contribution in [0.3, 0.4) is 0 Å². The van der Waals surface area contributed by atoms with Crippen molar-refractivity contribution in [1.29, 1.82) is 0 Å². The lowest BCUT2D eigenvalue weighted by Crippen LogP contribution is -2.23. The van der Waals surface area contributed by atoms with Gasteiger partial charge in [0.2, 0.25) is 0 Å². The number of carbonyl (C=O) groups is 1.